The van der Waals surface area contributed by atoms with Crippen molar-refractivity contribution >= 4 is 28.2 Å². The fourth-order valence-electron chi connectivity index (χ4n) is 3.35. The van der Waals surface area contributed by atoms with Crippen LogP contribution in [-0.2, 0) is 14.1 Å². The fourth-order valence-corrected chi connectivity index (χ4v) is 3.35. The quantitative estimate of drug-likeness (QED) is 0.566. The smallest absolute Gasteiger partial charge is 0.307 e. The number of nitrogens with zero attached hydrogens (tertiary/aromatic N) is 2. The molecule has 4 rings (SSSR count). The van der Waals surface area contributed by atoms with Crippen LogP contribution < -0.4 is 16.2 Å². The minimum absolute atomic E-state index is 0.244. The van der Waals surface area contributed by atoms with E-state index in [9.17, 15) is 9.59 Å². The molecule has 0 aliphatic heterocycles. The van der Waals surface area contributed by atoms with Crippen molar-refractivity contribution in [3.05, 3.63) is 83.2 Å². The van der Waals surface area contributed by atoms with Crippen LogP contribution in [0.5, 0.6) is 0 Å². The zero-order valence-corrected chi connectivity index (χ0v) is 15.6. The molecule has 2 amide bonds. The van der Waals surface area contributed by atoms with Gasteiger partial charge in [-0.2, -0.15) is 0 Å². The lowest BCUT2D eigenvalue weighted by molar-refractivity contribution is 0.262. The number of amides is 2. The first-order valence-corrected chi connectivity index (χ1v) is 8.93. The maximum Gasteiger partial charge on any atom is 0.323 e. The molecule has 0 spiro atoms. The van der Waals surface area contributed by atoms with Gasteiger partial charge >= 0.3 is 6.03 Å². The van der Waals surface area contributed by atoms with E-state index in [4.69, 9.17) is 0 Å². The van der Waals surface area contributed by atoms with Crippen molar-refractivity contribution < 1.29 is 4.79 Å². The molecule has 28 heavy (non-hydrogen) atoms. The highest BCUT2D eigenvalue weighted by Gasteiger charge is 2.19. The lowest BCUT2D eigenvalue weighted by atomic mass is 10.1. The van der Waals surface area contributed by atoms with E-state index in [-0.39, 0.29) is 11.2 Å². The van der Waals surface area contributed by atoms with Crippen molar-refractivity contribution in [1.29, 1.82) is 0 Å². The van der Waals surface area contributed by atoms with Gasteiger partial charge in [0.05, 0.1) is 11.4 Å². The first-order chi connectivity index (χ1) is 13.6. The summed E-state index contributed by atoms with van der Waals surface area (Å²) in [4.78, 5) is 25.4. The molecule has 1 aromatic heterocycles. The molecule has 0 saturated carbocycles. The van der Waals surface area contributed by atoms with E-state index in [0.29, 0.717) is 11.4 Å². The predicted molar refractivity (Wildman–Crippen MR) is 113 cm³/mol. The van der Waals surface area contributed by atoms with Gasteiger partial charge in [-0.1, -0.05) is 66.7 Å². The number of hydrogen-bond acceptors (Lipinski definition) is 2. The SMILES string of the molecule is Cn1c(-c2ccccc2)c(NC(=O)Nc2cccc3ccccc23)c(=O)n1C. The summed E-state index contributed by atoms with van der Waals surface area (Å²) >= 11 is 0. The maximum atomic E-state index is 12.7. The molecule has 0 radical (unpaired) electrons. The molecule has 0 atom stereocenters. The van der Waals surface area contributed by atoms with Gasteiger partial charge in [0.15, 0.2) is 0 Å². The third-order valence-electron chi connectivity index (χ3n) is 4.84. The van der Waals surface area contributed by atoms with Crippen LogP contribution in [0.2, 0.25) is 0 Å². The average molecular weight is 372 g/mol. The standard InChI is InChI=1S/C22H20N4O2/c1-25-20(16-10-4-3-5-11-16)19(21(27)26(25)2)24-22(28)23-18-14-8-12-15-9-6-7-13-17(15)18/h3-14H,1-2H3,(H2,23,24,28). The molecule has 4 aromatic rings. The number of hydrogen-bond donors (Lipinski definition) is 2. The van der Waals surface area contributed by atoms with E-state index in [1.165, 1.54) is 4.68 Å². The van der Waals surface area contributed by atoms with Gasteiger partial charge in [0.1, 0.15) is 5.69 Å². The third-order valence-corrected chi connectivity index (χ3v) is 4.84. The fraction of sp³-hybridized carbons (Fsp3) is 0.0909. The second kappa shape index (κ2) is 7.08. The van der Waals surface area contributed by atoms with E-state index in [2.05, 4.69) is 10.6 Å². The summed E-state index contributed by atoms with van der Waals surface area (Å²) in [7, 11) is 3.46. The molecule has 0 saturated heterocycles. The summed E-state index contributed by atoms with van der Waals surface area (Å²) in [5, 5.41) is 7.57. The van der Waals surface area contributed by atoms with Crippen molar-refractivity contribution in [2.45, 2.75) is 0 Å². The summed E-state index contributed by atoms with van der Waals surface area (Å²) in [6.07, 6.45) is 0. The Morgan fingerprint density at radius 2 is 1.46 bits per heavy atom. The Morgan fingerprint density at radius 3 is 2.25 bits per heavy atom. The molecule has 3 aromatic carbocycles. The number of benzene rings is 3. The first kappa shape index (κ1) is 17.6. The Balaban J connectivity index is 1.69. The Kier molecular flexibility index (Phi) is 4.45. The highest BCUT2D eigenvalue weighted by molar-refractivity contribution is 6.07. The van der Waals surface area contributed by atoms with Crippen LogP contribution in [0, 0.1) is 0 Å². The van der Waals surface area contributed by atoms with Gasteiger partial charge in [-0.3, -0.25) is 14.2 Å². The summed E-state index contributed by atoms with van der Waals surface area (Å²) in [5.41, 5.74) is 2.16. The summed E-state index contributed by atoms with van der Waals surface area (Å²) in [5.74, 6) is 0. The molecular weight excluding hydrogens is 352 g/mol. The van der Waals surface area contributed by atoms with Crippen LogP contribution in [0.4, 0.5) is 16.2 Å². The largest absolute Gasteiger partial charge is 0.323 e. The Hall–Kier alpha value is -3.80. The van der Waals surface area contributed by atoms with Crippen LogP contribution in [-0.4, -0.2) is 15.4 Å². The van der Waals surface area contributed by atoms with Crippen LogP contribution in [0.15, 0.2) is 77.6 Å². The van der Waals surface area contributed by atoms with Crippen LogP contribution in [0.1, 0.15) is 0 Å². The van der Waals surface area contributed by atoms with Crippen molar-refractivity contribution in [3.8, 4) is 11.3 Å². The third kappa shape index (κ3) is 3.05. The van der Waals surface area contributed by atoms with Gasteiger partial charge in [0, 0.05) is 25.0 Å². The molecule has 2 N–H and O–H groups in total. The predicted octanol–water partition coefficient (Wildman–Crippen LogP) is 4.19. The van der Waals surface area contributed by atoms with Gasteiger partial charge in [-0.05, 0) is 11.5 Å². The van der Waals surface area contributed by atoms with Crippen LogP contribution in [0.25, 0.3) is 22.0 Å². The molecule has 140 valence electrons. The Morgan fingerprint density at radius 1 is 0.786 bits per heavy atom. The minimum atomic E-state index is -0.461. The number of rotatable bonds is 3. The number of urea groups is 1. The van der Waals surface area contributed by atoms with Gasteiger partial charge in [0.25, 0.3) is 5.56 Å². The molecule has 1 heterocycles. The number of carbonyl (C=O) groups is 1. The van der Waals surface area contributed by atoms with Gasteiger partial charge in [-0.25, -0.2) is 4.79 Å². The van der Waals surface area contributed by atoms with Crippen LogP contribution in [0.3, 0.4) is 0 Å². The van der Waals surface area contributed by atoms with E-state index in [0.717, 1.165) is 16.3 Å². The zero-order chi connectivity index (χ0) is 19.7. The molecule has 0 bridgehead atoms. The number of nitrogens with one attached hydrogen (secondary N) is 2. The minimum Gasteiger partial charge on any atom is -0.307 e. The molecule has 0 unspecified atom stereocenters. The second-order valence-corrected chi connectivity index (χ2v) is 6.55. The van der Waals surface area contributed by atoms with Crippen molar-refractivity contribution in [3.63, 3.8) is 0 Å². The lowest BCUT2D eigenvalue weighted by Gasteiger charge is -2.11. The number of fused-ring (bicyclic) bond motifs is 1. The molecule has 0 fully saturated rings. The average Bonchev–Trinajstić information content (AvgIpc) is 2.92. The second-order valence-electron chi connectivity index (χ2n) is 6.55. The molecule has 6 heteroatoms. The molecule has 6 nitrogen and oxygen atoms in total. The lowest BCUT2D eigenvalue weighted by Crippen LogP contribution is -2.25. The van der Waals surface area contributed by atoms with Crippen LogP contribution >= 0.6 is 0 Å². The Labute approximate surface area is 162 Å². The molecule has 0 aliphatic rings. The van der Waals surface area contributed by atoms with Crippen molar-refractivity contribution in [2.24, 2.45) is 14.1 Å². The van der Waals surface area contributed by atoms with E-state index >= 15 is 0 Å². The monoisotopic (exact) mass is 372 g/mol. The molecule has 0 aliphatic carbocycles. The van der Waals surface area contributed by atoms with E-state index < -0.39 is 6.03 Å². The normalized spacial score (nSPS) is 10.8. The van der Waals surface area contributed by atoms with Crippen molar-refractivity contribution in [1.82, 2.24) is 9.36 Å². The summed E-state index contributed by atoms with van der Waals surface area (Å²) in [6.45, 7) is 0. The topological polar surface area (TPSA) is 68.1 Å². The maximum absolute atomic E-state index is 12.7. The summed E-state index contributed by atoms with van der Waals surface area (Å²) < 4.78 is 3.20. The van der Waals surface area contributed by atoms with E-state index in [1.54, 1.807) is 18.8 Å². The number of carbonyl (C=O) groups excluding carboxylic acids is 1. The Bertz CT molecular complexity index is 1220. The highest BCUT2D eigenvalue weighted by Crippen LogP contribution is 2.26. The van der Waals surface area contributed by atoms with Gasteiger partial charge in [-0.15, -0.1) is 0 Å². The van der Waals surface area contributed by atoms with Crippen molar-refractivity contribution in [2.75, 3.05) is 10.6 Å². The molecular formula is C22H20N4O2. The number of anilines is 2. The van der Waals surface area contributed by atoms with E-state index in [1.807, 2.05) is 72.8 Å². The highest BCUT2D eigenvalue weighted by atomic mass is 16.2. The summed E-state index contributed by atoms with van der Waals surface area (Å²) in [6, 6.07) is 22.6. The number of aromatic nitrogens is 2. The zero-order valence-electron chi connectivity index (χ0n) is 15.6. The van der Waals surface area contributed by atoms with Gasteiger partial charge < -0.3 is 10.6 Å². The van der Waals surface area contributed by atoms with Gasteiger partial charge in [0.2, 0.25) is 0 Å². The first-order valence-electron chi connectivity index (χ1n) is 8.93.